The van der Waals surface area contributed by atoms with E-state index >= 15 is 0 Å². The molecule has 0 saturated heterocycles. The third kappa shape index (κ3) is 15.1. The van der Waals surface area contributed by atoms with Crippen LogP contribution in [0.3, 0.4) is 0 Å². The van der Waals surface area contributed by atoms with Crippen molar-refractivity contribution in [2.45, 2.75) is 89.9 Å². The molecule has 0 saturated carbocycles. The van der Waals surface area contributed by atoms with E-state index in [0.29, 0.717) is 12.0 Å². The van der Waals surface area contributed by atoms with Gasteiger partial charge >= 0.3 is 12.1 Å². The predicted molar refractivity (Wildman–Crippen MR) is 121 cm³/mol. The highest BCUT2D eigenvalue weighted by atomic mass is 16.6. The number of unbranched alkanes of at least 4 members (excludes halogenated alkanes) is 12. The van der Waals surface area contributed by atoms with Crippen LogP contribution >= 0.6 is 0 Å². The number of benzene rings is 1. The van der Waals surface area contributed by atoms with Gasteiger partial charge in [-0.1, -0.05) is 70.6 Å². The van der Waals surface area contributed by atoms with E-state index in [9.17, 15) is 14.4 Å². The number of nitrogens with one attached hydrogen (secondary N) is 2. The lowest BCUT2D eigenvalue weighted by molar-refractivity contribution is -0.138. The number of hydroxylamine groups is 1. The Hall–Kier alpha value is -2.41. The summed E-state index contributed by atoms with van der Waals surface area (Å²) in [5.41, 5.74) is 2.90. The molecule has 0 aliphatic rings. The first-order valence-corrected chi connectivity index (χ1v) is 11.5. The van der Waals surface area contributed by atoms with E-state index in [1.165, 1.54) is 63.3 Å². The third-order valence-corrected chi connectivity index (χ3v) is 5.19. The summed E-state index contributed by atoms with van der Waals surface area (Å²) in [7, 11) is 0. The van der Waals surface area contributed by atoms with Crippen LogP contribution in [0, 0.1) is 0 Å². The summed E-state index contributed by atoms with van der Waals surface area (Å²) in [6, 6.07) is 7.38. The van der Waals surface area contributed by atoms with Crippen LogP contribution < -0.4 is 10.8 Å². The average molecular weight is 434 g/mol. The Morgan fingerprint density at radius 1 is 0.774 bits per heavy atom. The minimum absolute atomic E-state index is 0.205. The van der Waals surface area contributed by atoms with Gasteiger partial charge in [-0.05, 0) is 37.1 Å². The van der Waals surface area contributed by atoms with Gasteiger partial charge in [0.05, 0.1) is 0 Å². The maximum absolute atomic E-state index is 11.2. The van der Waals surface area contributed by atoms with Gasteiger partial charge in [-0.15, -0.1) is 0 Å². The van der Waals surface area contributed by atoms with Crippen molar-refractivity contribution in [1.29, 1.82) is 0 Å². The van der Waals surface area contributed by atoms with E-state index < -0.39 is 12.1 Å². The van der Waals surface area contributed by atoms with E-state index in [1.807, 2.05) is 18.4 Å². The Morgan fingerprint density at radius 3 is 1.74 bits per heavy atom. The fourth-order valence-electron chi connectivity index (χ4n) is 3.40. The number of rotatable bonds is 18. The van der Waals surface area contributed by atoms with E-state index in [0.717, 1.165) is 31.5 Å². The monoisotopic (exact) mass is 433 g/mol. The number of anilines is 1. The van der Waals surface area contributed by atoms with E-state index in [1.54, 1.807) is 12.1 Å². The number of esters is 1. The zero-order chi connectivity index (χ0) is 22.6. The van der Waals surface area contributed by atoms with Crippen molar-refractivity contribution < 1.29 is 24.3 Å². The van der Waals surface area contributed by atoms with Crippen molar-refractivity contribution in [1.82, 2.24) is 5.48 Å². The smallest absolute Gasteiger partial charge is 0.385 e. The van der Waals surface area contributed by atoms with Gasteiger partial charge in [-0.2, -0.15) is 0 Å². The molecule has 0 spiro atoms. The minimum Gasteiger partial charge on any atom is -0.385 e. The molecular formula is C24H37N2O5. The fourth-order valence-corrected chi connectivity index (χ4v) is 3.40. The zero-order valence-corrected chi connectivity index (χ0v) is 18.5. The molecule has 1 aromatic carbocycles. The highest BCUT2D eigenvalue weighted by Gasteiger charge is 2.08. The maximum atomic E-state index is 11.2. The van der Waals surface area contributed by atoms with Crippen molar-refractivity contribution in [2.24, 2.45) is 0 Å². The Morgan fingerprint density at radius 2 is 1.26 bits per heavy atom. The molecule has 0 unspecified atom stereocenters. The molecule has 7 heteroatoms. The van der Waals surface area contributed by atoms with Crippen LogP contribution in [0.15, 0.2) is 24.3 Å². The normalized spacial score (nSPS) is 10.5. The second-order valence-electron chi connectivity index (χ2n) is 7.83. The molecule has 1 rings (SSSR count). The number of amides is 1. The van der Waals surface area contributed by atoms with E-state index in [4.69, 9.17) is 5.21 Å². The molecule has 1 aromatic rings. The Labute approximate surface area is 185 Å². The SMILES string of the molecule is O=[C]c1ccc(NCCCCCCCCCCCCCCCC(=O)OC(=O)NO)cc1. The fraction of sp³-hybridized carbons (Fsp3) is 0.625. The van der Waals surface area contributed by atoms with Crippen molar-refractivity contribution in [3.63, 3.8) is 0 Å². The lowest BCUT2D eigenvalue weighted by Crippen LogP contribution is -2.23. The van der Waals surface area contributed by atoms with Crippen LogP contribution in [0.4, 0.5) is 10.5 Å². The van der Waals surface area contributed by atoms with Crippen LogP contribution in [-0.4, -0.2) is 30.1 Å². The molecule has 3 N–H and O–H groups in total. The molecule has 1 radical (unpaired) electrons. The number of carbonyl (C=O) groups excluding carboxylic acids is 3. The number of hydrogen-bond acceptors (Lipinski definition) is 6. The minimum atomic E-state index is -1.13. The summed E-state index contributed by atoms with van der Waals surface area (Å²) in [6.45, 7) is 0.962. The lowest BCUT2D eigenvalue weighted by atomic mass is 10.0. The van der Waals surface area contributed by atoms with Crippen LogP contribution in [0.5, 0.6) is 0 Å². The number of hydrogen-bond donors (Lipinski definition) is 3. The summed E-state index contributed by atoms with van der Waals surface area (Å²) < 4.78 is 4.29. The van der Waals surface area contributed by atoms with Gasteiger partial charge in [-0.25, -0.2) is 10.3 Å². The van der Waals surface area contributed by atoms with Crippen molar-refractivity contribution in [3.8, 4) is 0 Å². The van der Waals surface area contributed by atoms with Crippen LogP contribution in [0.1, 0.15) is 95.5 Å². The Kier molecular flexibility index (Phi) is 15.8. The molecule has 7 nitrogen and oxygen atoms in total. The van der Waals surface area contributed by atoms with Gasteiger partial charge in [0.25, 0.3) is 0 Å². The summed E-state index contributed by atoms with van der Waals surface area (Å²) >= 11 is 0. The second-order valence-corrected chi connectivity index (χ2v) is 7.83. The number of carbonyl (C=O) groups is 2. The highest BCUT2D eigenvalue weighted by Crippen LogP contribution is 2.14. The molecule has 0 atom stereocenters. The standard InChI is InChI=1S/C24H37N2O5/c27-20-21-15-17-22(18-16-21)25-19-13-11-9-7-5-3-1-2-4-6-8-10-12-14-23(28)31-24(29)26-30/h15-18,25,30H,1-14,19H2,(H,26,29). The van der Waals surface area contributed by atoms with Gasteiger partial charge < -0.3 is 10.1 Å². The summed E-state index contributed by atoms with van der Waals surface area (Å²) in [5.74, 6) is -0.605. The molecule has 31 heavy (non-hydrogen) atoms. The summed E-state index contributed by atoms with van der Waals surface area (Å²) in [5, 5.41) is 11.6. The van der Waals surface area contributed by atoms with Crippen molar-refractivity contribution in [2.75, 3.05) is 11.9 Å². The highest BCUT2D eigenvalue weighted by molar-refractivity contribution is 5.83. The molecule has 173 valence electrons. The molecule has 0 aliphatic carbocycles. The number of ether oxygens (including phenoxy) is 1. The largest absolute Gasteiger partial charge is 0.438 e. The first-order chi connectivity index (χ1) is 15.2. The molecule has 0 bridgehead atoms. The molecule has 0 heterocycles. The average Bonchev–Trinajstić information content (AvgIpc) is 2.79. The maximum Gasteiger partial charge on any atom is 0.438 e. The van der Waals surface area contributed by atoms with Gasteiger partial charge in [-0.3, -0.25) is 14.8 Å². The lowest BCUT2D eigenvalue weighted by Gasteiger charge is -2.06. The molecule has 0 aromatic heterocycles. The second kappa shape index (κ2) is 18.4. The molecule has 0 aliphatic heterocycles. The first kappa shape index (κ1) is 26.6. The van der Waals surface area contributed by atoms with Gasteiger partial charge in [0.15, 0.2) is 0 Å². The van der Waals surface area contributed by atoms with Gasteiger partial charge in [0.2, 0.25) is 6.29 Å². The molecular weight excluding hydrogens is 396 g/mol. The molecule has 0 fully saturated rings. The Balaban J connectivity index is 1.78. The Bertz CT molecular complexity index is 619. The van der Waals surface area contributed by atoms with E-state index in [2.05, 4.69) is 10.1 Å². The topological polar surface area (TPSA) is 105 Å². The first-order valence-electron chi connectivity index (χ1n) is 11.5. The van der Waals surface area contributed by atoms with Crippen LogP contribution in [0.25, 0.3) is 0 Å². The van der Waals surface area contributed by atoms with Crippen molar-refractivity contribution in [3.05, 3.63) is 29.8 Å². The van der Waals surface area contributed by atoms with E-state index in [-0.39, 0.29) is 6.42 Å². The quantitative estimate of drug-likeness (QED) is 0.0907. The van der Waals surface area contributed by atoms with Crippen LogP contribution in [-0.2, 0) is 14.3 Å². The van der Waals surface area contributed by atoms with Gasteiger partial charge in [0, 0.05) is 24.2 Å². The summed E-state index contributed by atoms with van der Waals surface area (Å²) in [4.78, 5) is 32.4. The van der Waals surface area contributed by atoms with Crippen molar-refractivity contribution >= 4 is 24.0 Å². The zero-order valence-electron chi connectivity index (χ0n) is 18.5. The predicted octanol–water partition coefficient (Wildman–Crippen LogP) is 5.66. The van der Waals surface area contributed by atoms with Gasteiger partial charge in [0.1, 0.15) is 0 Å². The third-order valence-electron chi connectivity index (χ3n) is 5.19. The van der Waals surface area contributed by atoms with Crippen LogP contribution in [0.2, 0.25) is 0 Å². The molecule has 1 amide bonds. The summed E-state index contributed by atoms with van der Waals surface area (Å²) in [6.07, 6.45) is 16.3.